The Balaban J connectivity index is 2.34. The SMILES string of the molecule is N#Cc1ccc(NS(=O)(=O)c2ccc(N)nc2)c(F)c1. The van der Waals surface area contributed by atoms with Crippen LogP contribution < -0.4 is 10.5 Å². The minimum absolute atomic E-state index is 0.0969. The van der Waals surface area contributed by atoms with Gasteiger partial charge in [0.2, 0.25) is 0 Å². The van der Waals surface area contributed by atoms with Crippen molar-refractivity contribution in [3.63, 3.8) is 0 Å². The number of halogens is 1. The summed E-state index contributed by atoms with van der Waals surface area (Å²) < 4.78 is 39.7. The van der Waals surface area contributed by atoms with E-state index in [0.29, 0.717) is 0 Å². The van der Waals surface area contributed by atoms with E-state index in [9.17, 15) is 12.8 Å². The third-order valence-corrected chi connectivity index (χ3v) is 3.76. The number of aromatic nitrogens is 1. The van der Waals surface area contributed by atoms with Crippen LogP contribution in [0.25, 0.3) is 0 Å². The largest absolute Gasteiger partial charge is 0.384 e. The molecule has 2 rings (SSSR count). The van der Waals surface area contributed by atoms with Crippen LogP contribution in [0, 0.1) is 17.1 Å². The maximum atomic E-state index is 13.6. The Kier molecular flexibility index (Phi) is 3.54. The standard InChI is InChI=1S/C12H9FN4O2S/c13-10-5-8(6-14)1-3-11(10)17-20(18,19)9-2-4-12(15)16-7-9/h1-5,7,17H,(H2,15,16). The minimum atomic E-state index is -3.96. The monoisotopic (exact) mass is 292 g/mol. The number of benzene rings is 1. The van der Waals surface area contributed by atoms with Crippen molar-refractivity contribution in [3.8, 4) is 6.07 Å². The predicted molar refractivity (Wildman–Crippen MR) is 70.6 cm³/mol. The smallest absolute Gasteiger partial charge is 0.263 e. The van der Waals surface area contributed by atoms with Gasteiger partial charge in [-0.15, -0.1) is 0 Å². The molecule has 0 fully saturated rings. The van der Waals surface area contributed by atoms with Crippen LogP contribution in [0.4, 0.5) is 15.9 Å². The molecular formula is C12H9FN4O2S. The van der Waals surface area contributed by atoms with Gasteiger partial charge in [0, 0.05) is 6.20 Å². The molecule has 1 heterocycles. The highest BCUT2D eigenvalue weighted by Gasteiger charge is 2.16. The zero-order valence-electron chi connectivity index (χ0n) is 10.0. The molecule has 102 valence electrons. The van der Waals surface area contributed by atoms with E-state index < -0.39 is 15.8 Å². The Morgan fingerprint density at radius 3 is 2.60 bits per heavy atom. The first-order valence-corrected chi connectivity index (χ1v) is 6.85. The fraction of sp³-hybridized carbons (Fsp3) is 0. The van der Waals surface area contributed by atoms with Crippen LogP contribution in [-0.4, -0.2) is 13.4 Å². The molecule has 20 heavy (non-hydrogen) atoms. The summed E-state index contributed by atoms with van der Waals surface area (Å²) in [7, 11) is -3.96. The second-order valence-electron chi connectivity index (χ2n) is 3.83. The fourth-order valence-electron chi connectivity index (χ4n) is 1.42. The van der Waals surface area contributed by atoms with Gasteiger partial charge in [-0.3, -0.25) is 4.72 Å². The Morgan fingerprint density at radius 1 is 1.30 bits per heavy atom. The van der Waals surface area contributed by atoms with Crippen molar-refractivity contribution in [1.82, 2.24) is 4.98 Å². The van der Waals surface area contributed by atoms with Crippen LogP contribution >= 0.6 is 0 Å². The van der Waals surface area contributed by atoms with Gasteiger partial charge in [0.1, 0.15) is 16.5 Å². The van der Waals surface area contributed by atoms with Crippen molar-refractivity contribution in [2.45, 2.75) is 4.90 Å². The topological polar surface area (TPSA) is 109 Å². The molecule has 0 unspecified atom stereocenters. The van der Waals surface area contributed by atoms with Gasteiger partial charge in [-0.25, -0.2) is 17.8 Å². The second-order valence-corrected chi connectivity index (χ2v) is 5.51. The first-order chi connectivity index (χ1) is 9.42. The maximum Gasteiger partial charge on any atom is 0.263 e. The van der Waals surface area contributed by atoms with Crippen LogP contribution in [0.15, 0.2) is 41.4 Å². The van der Waals surface area contributed by atoms with Gasteiger partial charge in [0.05, 0.1) is 17.3 Å². The second kappa shape index (κ2) is 5.14. The third kappa shape index (κ3) is 2.84. The van der Waals surface area contributed by atoms with E-state index in [0.717, 1.165) is 12.3 Å². The average molecular weight is 292 g/mol. The number of nitrogens with zero attached hydrogens (tertiary/aromatic N) is 2. The highest BCUT2D eigenvalue weighted by molar-refractivity contribution is 7.92. The van der Waals surface area contributed by atoms with Gasteiger partial charge in [0.25, 0.3) is 10.0 Å². The molecule has 0 atom stereocenters. The number of anilines is 2. The Labute approximate surface area is 114 Å². The fourth-order valence-corrected chi connectivity index (χ4v) is 2.43. The van der Waals surface area contributed by atoms with E-state index in [2.05, 4.69) is 9.71 Å². The molecule has 0 bridgehead atoms. The lowest BCUT2D eigenvalue weighted by Gasteiger charge is -2.08. The number of nitrogens with two attached hydrogens (primary N) is 1. The molecule has 0 spiro atoms. The van der Waals surface area contributed by atoms with E-state index >= 15 is 0 Å². The molecule has 3 N–H and O–H groups in total. The summed E-state index contributed by atoms with van der Waals surface area (Å²) in [5, 5.41) is 8.61. The van der Waals surface area contributed by atoms with Crippen molar-refractivity contribution >= 4 is 21.5 Å². The predicted octanol–water partition coefficient (Wildman–Crippen LogP) is 1.48. The Hall–Kier alpha value is -2.66. The zero-order chi connectivity index (χ0) is 14.8. The summed E-state index contributed by atoms with van der Waals surface area (Å²) >= 11 is 0. The Bertz CT molecular complexity index is 782. The van der Waals surface area contributed by atoms with E-state index in [1.54, 1.807) is 6.07 Å². The number of nitriles is 1. The number of rotatable bonds is 3. The van der Waals surface area contributed by atoms with Crippen molar-refractivity contribution < 1.29 is 12.8 Å². The number of pyridine rings is 1. The van der Waals surface area contributed by atoms with Crippen LogP contribution in [-0.2, 0) is 10.0 Å². The third-order valence-electron chi connectivity index (χ3n) is 2.41. The average Bonchev–Trinajstić information content (AvgIpc) is 2.41. The van der Waals surface area contributed by atoms with Crippen molar-refractivity contribution in [1.29, 1.82) is 5.26 Å². The van der Waals surface area contributed by atoms with Gasteiger partial charge in [-0.1, -0.05) is 0 Å². The number of hydrogen-bond acceptors (Lipinski definition) is 5. The number of hydrogen-bond donors (Lipinski definition) is 2. The molecule has 2 aromatic rings. The normalized spacial score (nSPS) is 10.8. The lowest BCUT2D eigenvalue weighted by molar-refractivity contribution is 0.598. The van der Waals surface area contributed by atoms with Crippen LogP contribution in [0.1, 0.15) is 5.56 Å². The molecule has 0 aliphatic carbocycles. The lowest BCUT2D eigenvalue weighted by atomic mass is 10.2. The summed E-state index contributed by atoms with van der Waals surface area (Å²) in [5.41, 5.74) is 5.21. The summed E-state index contributed by atoms with van der Waals surface area (Å²) in [6, 6.07) is 7.76. The lowest BCUT2D eigenvalue weighted by Crippen LogP contribution is -2.14. The highest BCUT2D eigenvalue weighted by Crippen LogP contribution is 2.20. The van der Waals surface area contributed by atoms with Gasteiger partial charge < -0.3 is 5.73 Å². The van der Waals surface area contributed by atoms with Crippen LogP contribution in [0.3, 0.4) is 0 Å². The van der Waals surface area contributed by atoms with Crippen molar-refractivity contribution in [2.24, 2.45) is 0 Å². The summed E-state index contributed by atoms with van der Waals surface area (Å²) in [6.07, 6.45) is 1.07. The highest BCUT2D eigenvalue weighted by atomic mass is 32.2. The first kappa shape index (κ1) is 13.8. The quantitative estimate of drug-likeness (QED) is 0.890. The molecule has 0 radical (unpaired) electrons. The van der Waals surface area contributed by atoms with E-state index in [1.165, 1.54) is 24.3 Å². The Morgan fingerprint density at radius 2 is 2.05 bits per heavy atom. The number of nitrogens with one attached hydrogen (secondary N) is 1. The summed E-state index contributed by atoms with van der Waals surface area (Å²) in [6.45, 7) is 0. The van der Waals surface area contributed by atoms with Crippen molar-refractivity contribution in [3.05, 3.63) is 47.9 Å². The first-order valence-electron chi connectivity index (χ1n) is 5.36. The molecule has 1 aromatic heterocycles. The summed E-state index contributed by atoms with van der Waals surface area (Å²) in [5.74, 6) is -0.662. The van der Waals surface area contributed by atoms with E-state index in [4.69, 9.17) is 11.0 Å². The number of sulfonamides is 1. The van der Waals surface area contributed by atoms with Crippen LogP contribution in [0.2, 0.25) is 0 Å². The molecule has 0 amide bonds. The maximum absolute atomic E-state index is 13.6. The molecule has 6 nitrogen and oxygen atoms in total. The van der Waals surface area contributed by atoms with Gasteiger partial charge >= 0.3 is 0 Å². The van der Waals surface area contributed by atoms with Gasteiger partial charge in [0.15, 0.2) is 0 Å². The van der Waals surface area contributed by atoms with E-state index in [1.807, 2.05) is 0 Å². The van der Waals surface area contributed by atoms with Gasteiger partial charge in [-0.2, -0.15) is 5.26 Å². The summed E-state index contributed by atoms with van der Waals surface area (Å²) in [4.78, 5) is 3.52. The molecule has 8 heteroatoms. The minimum Gasteiger partial charge on any atom is -0.384 e. The van der Waals surface area contributed by atoms with Crippen molar-refractivity contribution in [2.75, 3.05) is 10.5 Å². The molecular weight excluding hydrogens is 283 g/mol. The zero-order valence-corrected chi connectivity index (χ0v) is 10.9. The molecule has 0 saturated carbocycles. The van der Waals surface area contributed by atoms with Crippen LogP contribution in [0.5, 0.6) is 0 Å². The molecule has 0 aliphatic heterocycles. The van der Waals surface area contributed by atoms with E-state index in [-0.39, 0.29) is 22.0 Å². The molecule has 0 saturated heterocycles. The molecule has 0 aliphatic rings. The molecule has 1 aromatic carbocycles. The van der Waals surface area contributed by atoms with Gasteiger partial charge in [-0.05, 0) is 30.3 Å². The number of nitrogen functional groups attached to an aromatic ring is 1.